The summed E-state index contributed by atoms with van der Waals surface area (Å²) in [5.74, 6) is 0.860. The lowest BCUT2D eigenvalue weighted by Gasteiger charge is -2.33. The van der Waals surface area contributed by atoms with Crippen LogP contribution < -0.4 is 4.74 Å². The van der Waals surface area contributed by atoms with Crippen LogP contribution >= 0.6 is 23.2 Å². The SMILES string of the molecule is CC1(c2cc(-c3ccc4c(c3)OCOC4)n[nH]2)CC(Cl)=CC(Cl)C1. The number of aromatic nitrogens is 2. The molecule has 0 amide bonds. The Hall–Kier alpha value is -1.49. The van der Waals surface area contributed by atoms with E-state index in [0.29, 0.717) is 13.4 Å². The fourth-order valence-corrected chi connectivity index (χ4v) is 4.40. The van der Waals surface area contributed by atoms with Gasteiger partial charge in [-0.15, -0.1) is 11.6 Å². The third kappa shape index (κ3) is 2.94. The first-order chi connectivity index (χ1) is 11.5. The number of fused-ring (bicyclic) bond motifs is 1. The molecule has 0 saturated carbocycles. The van der Waals surface area contributed by atoms with Crippen LogP contribution in [0.3, 0.4) is 0 Å². The first kappa shape index (κ1) is 16.0. The first-order valence-corrected chi connectivity index (χ1v) is 8.75. The van der Waals surface area contributed by atoms with Crippen LogP contribution in [0.2, 0.25) is 0 Å². The molecule has 2 heterocycles. The molecule has 1 aliphatic carbocycles. The Morgan fingerprint density at radius 2 is 2.21 bits per heavy atom. The molecule has 24 heavy (non-hydrogen) atoms. The number of allylic oxidation sites excluding steroid dienone is 2. The Balaban J connectivity index is 1.64. The summed E-state index contributed by atoms with van der Waals surface area (Å²) in [7, 11) is 0. The summed E-state index contributed by atoms with van der Waals surface area (Å²) >= 11 is 12.6. The Labute approximate surface area is 150 Å². The number of ether oxygens (including phenoxy) is 2. The van der Waals surface area contributed by atoms with Gasteiger partial charge in [0, 0.05) is 27.3 Å². The van der Waals surface area contributed by atoms with E-state index in [9.17, 15) is 0 Å². The molecule has 4 rings (SSSR count). The molecule has 2 aromatic rings. The smallest absolute Gasteiger partial charge is 0.189 e. The average molecular weight is 365 g/mol. The van der Waals surface area contributed by atoms with Gasteiger partial charge in [0.1, 0.15) is 5.75 Å². The van der Waals surface area contributed by atoms with E-state index in [0.717, 1.165) is 46.1 Å². The number of nitrogens with zero attached hydrogens (tertiary/aromatic N) is 1. The molecule has 1 aliphatic heterocycles. The van der Waals surface area contributed by atoms with Crippen molar-refractivity contribution in [3.05, 3.63) is 46.6 Å². The fourth-order valence-electron chi connectivity index (χ4n) is 3.40. The molecule has 1 aromatic carbocycles. The van der Waals surface area contributed by atoms with Crippen molar-refractivity contribution >= 4 is 23.2 Å². The molecule has 4 nitrogen and oxygen atoms in total. The number of halogens is 2. The van der Waals surface area contributed by atoms with Crippen molar-refractivity contribution in [2.75, 3.05) is 6.79 Å². The van der Waals surface area contributed by atoms with E-state index in [1.807, 2.05) is 24.3 Å². The van der Waals surface area contributed by atoms with Crippen molar-refractivity contribution in [3.63, 3.8) is 0 Å². The molecular formula is C18H18Cl2N2O2. The van der Waals surface area contributed by atoms with Gasteiger partial charge < -0.3 is 9.47 Å². The molecule has 0 fully saturated rings. The van der Waals surface area contributed by atoms with Crippen molar-refractivity contribution in [2.24, 2.45) is 0 Å². The molecular weight excluding hydrogens is 347 g/mol. The maximum Gasteiger partial charge on any atom is 0.189 e. The Morgan fingerprint density at radius 1 is 1.33 bits per heavy atom. The van der Waals surface area contributed by atoms with Crippen LogP contribution in [-0.2, 0) is 16.8 Å². The minimum atomic E-state index is -0.137. The minimum Gasteiger partial charge on any atom is -0.467 e. The van der Waals surface area contributed by atoms with E-state index in [-0.39, 0.29) is 10.8 Å². The Kier molecular flexibility index (Phi) is 4.07. The quantitative estimate of drug-likeness (QED) is 0.783. The van der Waals surface area contributed by atoms with Crippen LogP contribution in [0.25, 0.3) is 11.3 Å². The van der Waals surface area contributed by atoms with E-state index in [2.05, 4.69) is 23.2 Å². The van der Waals surface area contributed by atoms with Crippen molar-refractivity contribution < 1.29 is 9.47 Å². The first-order valence-electron chi connectivity index (χ1n) is 7.93. The molecule has 2 atom stereocenters. The predicted octanol–water partition coefficient (Wildman–Crippen LogP) is 4.72. The zero-order chi connectivity index (χ0) is 16.7. The predicted molar refractivity (Wildman–Crippen MR) is 94.5 cm³/mol. The van der Waals surface area contributed by atoms with Gasteiger partial charge >= 0.3 is 0 Å². The second-order valence-corrected chi connectivity index (χ2v) is 7.72. The van der Waals surface area contributed by atoms with Crippen LogP contribution in [0.5, 0.6) is 5.75 Å². The van der Waals surface area contributed by atoms with Gasteiger partial charge in [0.25, 0.3) is 0 Å². The molecule has 2 aliphatic rings. The topological polar surface area (TPSA) is 47.1 Å². The highest BCUT2D eigenvalue weighted by Gasteiger charge is 2.35. The maximum atomic E-state index is 6.33. The van der Waals surface area contributed by atoms with E-state index in [1.54, 1.807) is 0 Å². The standard InChI is InChI=1S/C18H18Cl2N2O2/c1-18(7-13(19)5-14(20)8-18)17-6-15(21-22-17)11-2-3-12-9-23-10-24-16(12)4-11/h2-6,13H,7-10H2,1H3,(H,21,22). The Bertz CT molecular complexity index is 802. The van der Waals surface area contributed by atoms with E-state index in [4.69, 9.17) is 32.7 Å². The van der Waals surface area contributed by atoms with Gasteiger partial charge in [-0.05, 0) is 25.0 Å². The second kappa shape index (κ2) is 6.10. The van der Waals surface area contributed by atoms with Crippen LogP contribution in [0.4, 0.5) is 0 Å². The summed E-state index contributed by atoms with van der Waals surface area (Å²) in [5, 5.41) is 8.42. The van der Waals surface area contributed by atoms with Crippen molar-refractivity contribution in [3.8, 4) is 17.0 Å². The number of benzene rings is 1. The number of H-pyrrole nitrogens is 1. The molecule has 0 saturated heterocycles. The van der Waals surface area contributed by atoms with Gasteiger partial charge in [0.15, 0.2) is 6.79 Å². The molecule has 0 bridgehead atoms. The van der Waals surface area contributed by atoms with Crippen LogP contribution in [0, 0.1) is 0 Å². The molecule has 1 N–H and O–H groups in total. The molecule has 2 unspecified atom stereocenters. The summed E-state index contributed by atoms with van der Waals surface area (Å²) in [5.41, 5.74) is 3.88. The van der Waals surface area contributed by atoms with Crippen molar-refractivity contribution in [1.82, 2.24) is 10.2 Å². The third-order valence-corrected chi connectivity index (χ3v) is 5.25. The molecule has 1 aromatic heterocycles. The molecule has 6 heteroatoms. The zero-order valence-corrected chi connectivity index (χ0v) is 14.8. The van der Waals surface area contributed by atoms with E-state index in [1.165, 1.54) is 0 Å². The van der Waals surface area contributed by atoms with Crippen LogP contribution in [0.1, 0.15) is 31.0 Å². The van der Waals surface area contributed by atoms with E-state index >= 15 is 0 Å². The lowest BCUT2D eigenvalue weighted by atomic mass is 9.76. The largest absolute Gasteiger partial charge is 0.467 e. The fraction of sp³-hybridized carbons (Fsp3) is 0.389. The molecule has 0 spiro atoms. The highest BCUT2D eigenvalue weighted by molar-refractivity contribution is 6.31. The lowest BCUT2D eigenvalue weighted by molar-refractivity contribution is -0.0163. The summed E-state index contributed by atoms with van der Waals surface area (Å²) in [6.45, 7) is 3.05. The van der Waals surface area contributed by atoms with Gasteiger partial charge in [-0.25, -0.2) is 0 Å². The van der Waals surface area contributed by atoms with Crippen molar-refractivity contribution in [1.29, 1.82) is 0 Å². The van der Waals surface area contributed by atoms with Crippen molar-refractivity contribution in [2.45, 2.75) is 37.2 Å². The van der Waals surface area contributed by atoms with Crippen LogP contribution in [-0.4, -0.2) is 22.4 Å². The van der Waals surface area contributed by atoms with Crippen LogP contribution in [0.15, 0.2) is 35.4 Å². The lowest BCUT2D eigenvalue weighted by Crippen LogP contribution is -2.29. The normalized spacial score (nSPS) is 26.5. The molecule has 0 radical (unpaired) electrons. The number of nitrogens with one attached hydrogen (secondary N) is 1. The summed E-state index contributed by atoms with van der Waals surface area (Å²) in [6.07, 6.45) is 3.52. The monoisotopic (exact) mass is 364 g/mol. The maximum absolute atomic E-state index is 6.33. The highest BCUT2D eigenvalue weighted by Crippen LogP contribution is 2.42. The number of hydrogen-bond donors (Lipinski definition) is 1. The van der Waals surface area contributed by atoms with Gasteiger partial charge in [0.2, 0.25) is 0 Å². The number of aromatic amines is 1. The minimum absolute atomic E-state index is 0.0554. The van der Waals surface area contributed by atoms with Gasteiger partial charge in [-0.2, -0.15) is 5.10 Å². The zero-order valence-electron chi connectivity index (χ0n) is 13.3. The van der Waals surface area contributed by atoms with E-state index < -0.39 is 0 Å². The highest BCUT2D eigenvalue weighted by atomic mass is 35.5. The van der Waals surface area contributed by atoms with Gasteiger partial charge in [-0.3, -0.25) is 5.10 Å². The summed E-state index contributed by atoms with van der Waals surface area (Å²) in [4.78, 5) is 0. The average Bonchev–Trinajstić information content (AvgIpc) is 3.04. The summed E-state index contributed by atoms with van der Waals surface area (Å²) < 4.78 is 10.8. The number of rotatable bonds is 2. The number of alkyl halides is 1. The van der Waals surface area contributed by atoms with Gasteiger partial charge in [-0.1, -0.05) is 36.7 Å². The molecule has 126 valence electrons. The number of hydrogen-bond acceptors (Lipinski definition) is 3. The Morgan fingerprint density at radius 3 is 3.04 bits per heavy atom. The second-order valence-electron chi connectivity index (χ2n) is 6.67. The summed E-state index contributed by atoms with van der Waals surface area (Å²) in [6, 6.07) is 8.16. The third-order valence-electron chi connectivity index (χ3n) is 4.71. The van der Waals surface area contributed by atoms with Gasteiger partial charge in [0.05, 0.1) is 17.7 Å².